The number of hydrogen-bond acceptors (Lipinski definition) is 7. The van der Waals surface area contributed by atoms with Crippen molar-refractivity contribution in [3.05, 3.63) is 83.4 Å². The molecular formula is C22H18O7. The number of ether oxygens (including phenoxy) is 4. The Hall–Kier alpha value is -3.61. The second kappa shape index (κ2) is 7.79. The highest BCUT2D eigenvalue weighted by Gasteiger charge is 2.51. The third kappa shape index (κ3) is 3.85. The quantitative estimate of drug-likeness (QED) is 0.447. The molecule has 1 fully saturated rings. The normalized spacial score (nSPS) is 25.1. The molecule has 2 aromatic rings. The van der Waals surface area contributed by atoms with Crippen molar-refractivity contribution in [3.8, 4) is 0 Å². The van der Waals surface area contributed by atoms with Gasteiger partial charge in [0.2, 0.25) is 0 Å². The molecule has 7 heteroatoms. The first kappa shape index (κ1) is 18.7. The smallest absolute Gasteiger partial charge is 0.450 e. The molecule has 7 nitrogen and oxygen atoms in total. The number of carbonyl (C=O) groups excluding carboxylic acids is 3. The monoisotopic (exact) mass is 394 g/mol. The van der Waals surface area contributed by atoms with E-state index in [9.17, 15) is 14.4 Å². The summed E-state index contributed by atoms with van der Waals surface area (Å²) in [6.07, 6.45) is -2.82. The van der Waals surface area contributed by atoms with E-state index in [1.807, 2.05) is 0 Å². The van der Waals surface area contributed by atoms with Crippen LogP contribution >= 0.6 is 0 Å². The Bertz CT molecular complexity index is 952. The van der Waals surface area contributed by atoms with E-state index >= 15 is 0 Å². The minimum atomic E-state index is -1.04. The predicted molar refractivity (Wildman–Crippen MR) is 100 cm³/mol. The first-order valence-corrected chi connectivity index (χ1v) is 9.10. The average Bonchev–Trinajstić information content (AvgIpc) is 3.11. The van der Waals surface area contributed by atoms with Gasteiger partial charge in [-0.15, -0.1) is 0 Å². The maximum absolute atomic E-state index is 12.6. The molecule has 0 aromatic heterocycles. The summed E-state index contributed by atoms with van der Waals surface area (Å²) in [7, 11) is 0. The van der Waals surface area contributed by atoms with E-state index in [-0.39, 0.29) is 0 Å². The van der Waals surface area contributed by atoms with Gasteiger partial charge in [0.15, 0.2) is 24.4 Å². The van der Waals surface area contributed by atoms with Crippen molar-refractivity contribution in [1.29, 1.82) is 0 Å². The Morgan fingerprint density at radius 2 is 1.38 bits per heavy atom. The number of benzene rings is 2. The van der Waals surface area contributed by atoms with Gasteiger partial charge >= 0.3 is 18.1 Å². The standard InChI is InChI=1S/C22H18O7/c1-13-12-16-18(29-22(25)26-16)19(28-21(24)15-10-6-3-7-11-15)17(13)27-20(23)14-8-4-2-5-9-14/h2-12,16-19H,1H3/t16-,17+,18-,19-/m0/s1. The molecule has 1 saturated heterocycles. The molecule has 0 unspecified atom stereocenters. The Morgan fingerprint density at radius 1 is 0.828 bits per heavy atom. The van der Waals surface area contributed by atoms with Gasteiger partial charge in [-0.3, -0.25) is 0 Å². The highest BCUT2D eigenvalue weighted by molar-refractivity contribution is 5.90. The van der Waals surface area contributed by atoms with Crippen LogP contribution in [0.1, 0.15) is 27.6 Å². The van der Waals surface area contributed by atoms with Gasteiger partial charge in [-0.2, -0.15) is 0 Å². The van der Waals surface area contributed by atoms with Crippen molar-refractivity contribution in [2.24, 2.45) is 0 Å². The van der Waals surface area contributed by atoms with Gasteiger partial charge in [0.25, 0.3) is 0 Å². The van der Waals surface area contributed by atoms with Crippen LogP contribution in [0.3, 0.4) is 0 Å². The number of rotatable bonds is 4. The van der Waals surface area contributed by atoms with Crippen LogP contribution in [0.4, 0.5) is 4.79 Å². The first-order valence-electron chi connectivity index (χ1n) is 9.10. The summed E-state index contributed by atoms with van der Waals surface area (Å²) in [4.78, 5) is 36.9. The molecule has 29 heavy (non-hydrogen) atoms. The Morgan fingerprint density at radius 3 is 1.97 bits per heavy atom. The van der Waals surface area contributed by atoms with E-state index in [1.54, 1.807) is 73.7 Å². The Balaban J connectivity index is 1.61. The fraction of sp³-hybridized carbons (Fsp3) is 0.227. The van der Waals surface area contributed by atoms with Gasteiger partial charge in [0.05, 0.1) is 11.1 Å². The van der Waals surface area contributed by atoms with Crippen LogP contribution < -0.4 is 0 Å². The van der Waals surface area contributed by atoms with E-state index < -0.39 is 42.5 Å². The van der Waals surface area contributed by atoms with Crippen LogP contribution in [0.25, 0.3) is 0 Å². The van der Waals surface area contributed by atoms with Crippen LogP contribution in [0, 0.1) is 0 Å². The molecule has 0 N–H and O–H groups in total. The van der Waals surface area contributed by atoms with Crippen molar-refractivity contribution < 1.29 is 33.3 Å². The highest BCUT2D eigenvalue weighted by atomic mass is 16.8. The predicted octanol–water partition coefficient (Wildman–Crippen LogP) is 3.30. The lowest BCUT2D eigenvalue weighted by Gasteiger charge is -2.34. The zero-order valence-corrected chi connectivity index (χ0v) is 15.5. The maximum Gasteiger partial charge on any atom is 0.509 e. The van der Waals surface area contributed by atoms with E-state index in [1.165, 1.54) is 0 Å². The lowest BCUT2D eigenvalue weighted by molar-refractivity contribution is -0.0740. The molecule has 2 aromatic carbocycles. The van der Waals surface area contributed by atoms with Crippen LogP contribution in [0.15, 0.2) is 72.3 Å². The molecule has 0 bridgehead atoms. The second-order valence-electron chi connectivity index (χ2n) is 6.75. The molecule has 0 spiro atoms. The minimum absolute atomic E-state index is 0.328. The van der Waals surface area contributed by atoms with Gasteiger partial charge < -0.3 is 18.9 Å². The molecule has 1 heterocycles. The molecule has 1 aliphatic heterocycles. The zero-order valence-electron chi connectivity index (χ0n) is 15.5. The summed E-state index contributed by atoms with van der Waals surface area (Å²) in [6, 6.07) is 16.9. The highest BCUT2D eigenvalue weighted by Crippen LogP contribution is 2.33. The third-order valence-electron chi connectivity index (χ3n) is 4.78. The van der Waals surface area contributed by atoms with Gasteiger partial charge in [0, 0.05) is 0 Å². The second-order valence-corrected chi connectivity index (χ2v) is 6.75. The molecule has 1 aliphatic carbocycles. The van der Waals surface area contributed by atoms with E-state index in [2.05, 4.69) is 0 Å². The molecule has 4 atom stereocenters. The minimum Gasteiger partial charge on any atom is -0.450 e. The van der Waals surface area contributed by atoms with Crippen LogP contribution in [-0.2, 0) is 18.9 Å². The molecule has 0 amide bonds. The Kier molecular flexibility index (Phi) is 5.03. The van der Waals surface area contributed by atoms with Gasteiger partial charge in [-0.1, -0.05) is 36.4 Å². The van der Waals surface area contributed by atoms with E-state index in [0.717, 1.165) is 0 Å². The lowest BCUT2D eigenvalue weighted by atomic mass is 9.90. The van der Waals surface area contributed by atoms with Crippen molar-refractivity contribution in [2.75, 3.05) is 0 Å². The van der Waals surface area contributed by atoms with Crippen molar-refractivity contribution in [1.82, 2.24) is 0 Å². The molecule has 4 rings (SSSR count). The molecule has 0 saturated carbocycles. The largest absolute Gasteiger partial charge is 0.509 e. The first-order chi connectivity index (χ1) is 14.0. The summed E-state index contributed by atoms with van der Waals surface area (Å²) in [6.45, 7) is 1.72. The maximum atomic E-state index is 12.6. The van der Waals surface area contributed by atoms with Gasteiger partial charge in [0.1, 0.15) is 0 Å². The molecule has 148 valence electrons. The lowest BCUT2D eigenvalue weighted by Crippen LogP contribution is -2.51. The molecule has 0 radical (unpaired) electrons. The van der Waals surface area contributed by atoms with Crippen molar-refractivity contribution in [3.63, 3.8) is 0 Å². The zero-order chi connectivity index (χ0) is 20.4. The summed E-state index contributed by atoms with van der Waals surface area (Å²) in [5, 5.41) is 0. The number of esters is 2. The summed E-state index contributed by atoms with van der Waals surface area (Å²) >= 11 is 0. The molecular weight excluding hydrogens is 376 g/mol. The molecule has 2 aliphatic rings. The van der Waals surface area contributed by atoms with Crippen LogP contribution in [0.2, 0.25) is 0 Å². The van der Waals surface area contributed by atoms with E-state index in [4.69, 9.17) is 18.9 Å². The average molecular weight is 394 g/mol. The summed E-state index contributed by atoms with van der Waals surface area (Å²) < 4.78 is 21.6. The van der Waals surface area contributed by atoms with Gasteiger partial charge in [-0.25, -0.2) is 14.4 Å². The fourth-order valence-electron chi connectivity index (χ4n) is 3.36. The summed E-state index contributed by atoms with van der Waals surface area (Å²) in [5.74, 6) is -1.19. The van der Waals surface area contributed by atoms with Crippen LogP contribution in [-0.4, -0.2) is 42.5 Å². The number of fused-ring (bicyclic) bond motifs is 1. The number of hydrogen-bond donors (Lipinski definition) is 0. The third-order valence-corrected chi connectivity index (χ3v) is 4.78. The van der Waals surface area contributed by atoms with E-state index in [0.29, 0.717) is 16.7 Å². The van der Waals surface area contributed by atoms with Gasteiger partial charge in [-0.05, 0) is 42.8 Å². The summed E-state index contributed by atoms with van der Waals surface area (Å²) in [5.41, 5.74) is 1.28. The van der Waals surface area contributed by atoms with Crippen molar-refractivity contribution in [2.45, 2.75) is 31.3 Å². The Labute approximate surface area is 166 Å². The van der Waals surface area contributed by atoms with Crippen LogP contribution in [0.5, 0.6) is 0 Å². The fourth-order valence-corrected chi connectivity index (χ4v) is 3.36. The topological polar surface area (TPSA) is 88.1 Å². The SMILES string of the molecule is CC1=C[C@@H]2OC(=O)O[C@@H]2[C@@H](OC(=O)c2ccccc2)[C@@H]1OC(=O)c1ccccc1. The number of carbonyl (C=O) groups is 3. The van der Waals surface area contributed by atoms with Crippen molar-refractivity contribution >= 4 is 18.1 Å².